The lowest BCUT2D eigenvalue weighted by Crippen LogP contribution is -2.37. The van der Waals surface area contributed by atoms with Gasteiger partial charge in [0.2, 0.25) is 0 Å². The third-order valence-corrected chi connectivity index (χ3v) is 6.51. The Kier molecular flexibility index (Phi) is 8.97. The van der Waals surface area contributed by atoms with Crippen LogP contribution in [0.2, 0.25) is 10.0 Å². The monoisotopic (exact) mass is 490 g/mol. The van der Waals surface area contributed by atoms with Crippen molar-refractivity contribution in [3.63, 3.8) is 0 Å². The third-order valence-electron chi connectivity index (χ3n) is 4.89. The number of anilines is 1. The summed E-state index contributed by atoms with van der Waals surface area (Å²) in [6.45, 7) is 1.16. The van der Waals surface area contributed by atoms with E-state index in [2.05, 4.69) is 5.32 Å². The Balaban J connectivity index is 1.58. The van der Waals surface area contributed by atoms with Crippen molar-refractivity contribution in [2.75, 3.05) is 18.4 Å². The van der Waals surface area contributed by atoms with Crippen molar-refractivity contribution in [2.24, 2.45) is 0 Å². The quantitative estimate of drug-likeness (QED) is 0.326. The molecule has 0 saturated carbocycles. The molecule has 1 aromatic heterocycles. The lowest BCUT2D eigenvalue weighted by atomic mass is 10.1. The van der Waals surface area contributed by atoms with E-state index in [-0.39, 0.29) is 6.03 Å². The van der Waals surface area contributed by atoms with Gasteiger partial charge in [0, 0.05) is 33.7 Å². The standard InChI is InChI=1S/C24H24Cl2N2O3S/c25-18-8-10-20(11-9-18)27-24(31)28(14-2-5-17-4-1-6-19(26)16-17)15-3-7-21-12-13-22(32-21)23(29)30/h1,4,6,8-13,16H,2-3,5,7,14-15H2,(H,27,31)(H,29,30). The fraction of sp³-hybridized carbons (Fsp3) is 0.250. The van der Waals surface area contributed by atoms with Crippen molar-refractivity contribution < 1.29 is 14.7 Å². The minimum Gasteiger partial charge on any atom is -0.477 e. The van der Waals surface area contributed by atoms with Crippen LogP contribution in [0.4, 0.5) is 10.5 Å². The van der Waals surface area contributed by atoms with E-state index in [9.17, 15) is 9.59 Å². The predicted molar refractivity (Wildman–Crippen MR) is 131 cm³/mol. The molecular formula is C24H24Cl2N2O3S. The van der Waals surface area contributed by atoms with E-state index >= 15 is 0 Å². The predicted octanol–water partition coefficient (Wildman–Crippen LogP) is 6.85. The number of halogens is 2. The molecule has 3 aromatic rings. The Bertz CT molecular complexity index is 1050. The van der Waals surface area contributed by atoms with Crippen LogP contribution in [0.5, 0.6) is 0 Å². The highest BCUT2D eigenvalue weighted by molar-refractivity contribution is 7.13. The van der Waals surface area contributed by atoms with Gasteiger partial charge >= 0.3 is 12.0 Å². The van der Waals surface area contributed by atoms with Crippen LogP contribution in [-0.4, -0.2) is 35.1 Å². The van der Waals surface area contributed by atoms with E-state index in [4.69, 9.17) is 28.3 Å². The summed E-state index contributed by atoms with van der Waals surface area (Å²) in [7, 11) is 0. The zero-order valence-electron chi connectivity index (χ0n) is 17.4. The second-order valence-electron chi connectivity index (χ2n) is 7.33. The number of aryl methyl sites for hydroxylation is 2. The summed E-state index contributed by atoms with van der Waals surface area (Å²) in [6, 6.07) is 18.0. The highest BCUT2D eigenvalue weighted by Gasteiger charge is 2.14. The molecular weight excluding hydrogens is 467 g/mol. The van der Waals surface area contributed by atoms with Gasteiger partial charge in [-0.1, -0.05) is 35.3 Å². The Morgan fingerprint density at radius 1 is 0.906 bits per heavy atom. The first kappa shape index (κ1) is 24.1. The molecule has 5 nitrogen and oxygen atoms in total. The maximum Gasteiger partial charge on any atom is 0.345 e. The highest BCUT2D eigenvalue weighted by Crippen LogP contribution is 2.19. The molecule has 8 heteroatoms. The Morgan fingerprint density at radius 3 is 2.28 bits per heavy atom. The number of carbonyl (C=O) groups is 2. The van der Waals surface area contributed by atoms with Gasteiger partial charge in [-0.25, -0.2) is 9.59 Å². The number of hydrogen-bond acceptors (Lipinski definition) is 3. The molecule has 2 N–H and O–H groups in total. The van der Waals surface area contributed by atoms with Crippen molar-refractivity contribution in [3.8, 4) is 0 Å². The maximum atomic E-state index is 12.9. The van der Waals surface area contributed by atoms with Crippen LogP contribution < -0.4 is 5.32 Å². The molecule has 0 bridgehead atoms. The van der Waals surface area contributed by atoms with E-state index in [0.717, 1.165) is 36.1 Å². The zero-order chi connectivity index (χ0) is 22.9. The Hall–Kier alpha value is -2.54. The van der Waals surface area contributed by atoms with Crippen LogP contribution in [0, 0.1) is 0 Å². The first-order valence-electron chi connectivity index (χ1n) is 10.3. The number of carboxylic acid groups (broad SMARTS) is 1. The molecule has 0 aliphatic heterocycles. The number of rotatable bonds is 10. The van der Waals surface area contributed by atoms with Gasteiger partial charge in [-0.3, -0.25) is 0 Å². The van der Waals surface area contributed by atoms with Gasteiger partial charge < -0.3 is 15.3 Å². The average Bonchev–Trinajstić information content (AvgIpc) is 3.24. The smallest absolute Gasteiger partial charge is 0.345 e. The van der Waals surface area contributed by atoms with Crippen molar-refractivity contribution >= 4 is 52.2 Å². The number of urea groups is 1. The van der Waals surface area contributed by atoms with Gasteiger partial charge in [-0.15, -0.1) is 11.3 Å². The SMILES string of the molecule is O=C(O)c1ccc(CCCN(CCCc2cccc(Cl)c2)C(=O)Nc2ccc(Cl)cc2)s1. The molecule has 168 valence electrons. The second kappa shape index (κ2) is 11.9. The third kappa shape index (κ3) is 7.55. The average molecular weight is 491 g/mol. The molecule has 0 spiro atoms. The molecule has 1 heterocycles. The maximum absolute atomic E-state index is 12.9. The minimum atomic E-state index is -0.911. The molecule has 0 saturated heterocycles. The first-order valence-corrected chi connectivity index (χ1v) is 11.9. The van der Waals surface area contributed by atoms with Crippen molar-refractivity contribution in [1.82, 2.24) is 4.90 Å². The van der Waals surface area contributed by atoms with Crippen LogP contribution in [-0.2, 0) is 12.8 Å². The first-order chi connectivity index (χ1) is 15.4. The molecule has 3 rings (SSSR count). The molecule has 2 amide bonds. The largest absolute Gasteiger partial charge is 0.477 e. The number of thiophene rings is 1. The summed E-state index contributed by atoms with van der Waals surface area (Å²) in [5.41, 5.74) is 1.82. The van der Waals surface area contributed by atoms with Crippen LogP contribution in [0.3, 0.4) is 0 Å². The molecule has 0 aliphatic rings. The molecule has 2 aromatic carbocycles. The normalized spacial score (nSPS) is 10.7. The van der Waals surface area contributed by atoms with Crippen LogP contribution in [0.15, 0.2) is 60.7 Å². The van der Waals surface area contributed by atoms with Crippen molar-refractivity contribution in [2.45, 2.75) is 25.7 Å². The summed E-state index contributed by atoms with van der Waals surface area (Å²) in [5, 5.41) is 13.3. The van der Waals surface area contributed by atoms with Gasteiger partial charge in [-0.05, 0) is 79.8 Å². The number of carboxylic acids is 1. The number of aromatic carboxylic acids is 1. The van der Waals surface area contributed by atoms with Crippen LogP contribution >= 0.6 is 34.5 Å². The summed E-state index contributed by atoms with van der Waals surface area (Å²) in [6.07, 6.45) is 3.08. The van der Waals surface area contributed by atoms with E-state index in [0.29, 0.717) is 33.7 Å². The molecule has 0 unspecified atom stereocenters. The zero-order valence-corrected chi connectivity index (χ0v) is 19.7. The fourth-order valence-corrected chi connectivity index (χ4v) is 4.52. The number of nitrogens with zero attached hydrogens (tertiary/aromatic N) is 1. The van der Waals surface area contributed by atoms with Crippen LogP contribution in [0.25, 0.3) is 0 Å². The van der Waals surface area contributed by atoms with E-state index < -0.39 is 5.97 Å². The topological polar surface area (TPSA) is 69.6 Å². The van der Waals surface area contributed by atoms with Crippen molar-refractivity contribution in [1.29, 1.82) is 0 Å². The number of benzene rings is 2. The van der Waals surface area contributed by atoms with Crippen LogP contribution in [0.1, 0.15) is 33.0 Å². The summed E-state index contributed by atoms with van der Waals surface area (Å²) in [5.74, 6) is -0.911. The summed E-state index contributed by atoms with van der Waals surface area (Å²) < 4.78 is 0. The molecule has 32 heavy (non-hydrogen) atoms. The number of nitrogens with one attached hydrogen (secondary N) is 1. The summed E-state index contributed by atoms with van der Waals surface area (Å²) >= 11 is 13.3. The highest BCUT2D eigenvalue weighted by atomic mass is 35.5. The van der Waals surface area contributed by atoms with Crippen molar-refractivity contribution in [3.05, 3.63) is 86.0 Å². The van der Waals surface area contributed by atoms with Gasteiger partial charge in [-0.2, -0.15) is 0 Å². The number of carbonyl (C=O) groups excluding carboxylic acids is 1. The molecule has 0 aliphatic carbocycles. The minimum absolute atomic E-state index is 0.171. The van der Waals surface area contributed by atoms with E-state index in [1.165, 1.54) is 11.3 Å². The van der Waals surface area contributed by atoms with Gasteiger partial charge in [0.15, 0.2) is 0 Å². The molecule has 0 radical (unpaired) electrons. The molecule has 0 atom stereocenters. The summed E-state index contributed by atoms with van der Waals surface area (Å²) in [4.78, 5) is 27.1. The van der Waals surface area contributed by atoms with Gasteiger partial charge in [0.05, 0.1) is 0 Å². The lowest BCUT2D eigenvalue weighted by molar-refractivity contribution is 0.0702. The molecule has 0 fully saturated rings. The Labute approximate surface area is 201 Å². The number of hydrogen-bond donors (Lipinski definition) is 2. The fourth-order valence-electron chi connectivity index (χ4n) is 3.29. The Morgan fingerprint density at radius 2 is 1.62 bits per heavy atom. The van der Waals surface area contributed by atoms with Gasteiger partial charge in [0.1, 0.15) is 4.88 Å². The lowest BCUT2D eigenvalue weighted by Gasteiger charge is -2.23. The van der Waals surface area contributed by atoms with E-state index in [1.54, 1.807) is 35.2 Å². The second-order valence-corrected chi connectivity index (χ2v) is 9.37. The van der Waals surface area contributed by atoms with E-state index in [1.807, 2.05) is 30.3 Å². The van der Waals surface area contributed by atoms with Gasteiger partial charge in [0.25, 0.3) is 0 Å². The number of amides is 2.